The summed E-state index contributed by atoms with van der Waals surface area (Å²) >= 11 is 1.17. The molecule has 0 atom stereocenters. The Bertz CT molecular complexity index is 990. The fourth-order valence-corrected chi connectivity index (χ4v) is 3.67. The molecule has 0 bridgehead atoms. The fourth-order valence-electron chi connectivity index (χ4n) is 2.63. The molecule has 138 valence electrons. The number of rotatable bonds is 7. The number of nitrogens with zero attached hydrogens (tertiary/aromatic N) is 6. The number of carbonyl (C=O) groups excluding carboxylic acids is 1. The van der Waals surface area contributed by atoms with Gasteiger partial charge in [-0.15, -0.1) is 16.4 Å². The van der Waals surface area contributed by atoms with Crippen molar-refractivity contribution in [2.75, 3.05) is 6.61 Å². The van der Waals surface area contributed by atoms with Crippen molar-refractivity contribution in [3.63, 3.8) is 0 Å². The molecule has 0 aliphatic carbocycles. The number of aromatic nitrogens is 6. The highest BCUT2D eigenvalue weighted by Gasteiger charge is 2.20. The Hall–Kier alpha value is -2.62. The zero-order chi connectivity index (χ0) is 18.7. The number of hydrogen-bond acceptors (Lipinski definition) is 8. The summed E-state index contributed by atoms with van der Waals surface area (Å²) in [6.07, 6.45) is 3.45. The van der Waals surface area contributed by atoms with E-state index in [2.05, 4.69) is 27.4 Å². The zero-order valence-corrected chi connectivity index (χ0v) is 15.7. The molecule has 3 aromatic heterocycles. The predicted molar refractivity (Wildman–Crippen MR) is 96.4 cm³/mol. The Morgan fingerprint density at radius 1 is 1.35 bits per heavy atom. The predicted octanol–water partition coefficient (Wildman–Crippen LogP) is 1.78. The van der Waals surface area contributed by atoms with E-state index in [9.17, 15) is 9.59 Å². The molecule has 0 amide bonds. The molecule has 0 radical (unpaired) electrons. The molecule has 10 heteroatoms. The van der Waals surface area contributed by atoms with Crippen LogP contribution in [0.2, 0.25) is 0 Å². The van der Waals surface area contributed by atoms with Crippen LogP contribution in [-0.4, -0.2) is 42.3 Å². The van der Waals surface area contributed by atoms with E-state index in [1.54, 1.807) is 18.5 Å². The summed E-state index contributed by atoms with van der Waals surface area (Å²) in [6.45, 7) is 6.78. The number of carbonyl (C=O) groups is 1. The first-order valence-corrected chi connectivity index (χ1v) is 9.29. The summed E-state index contributed by atoms with van der Waals surface area (Å²) in [6, 6.07) is 0. The van der Waals surface area contributed by atoms with Gasteiger partial charge in [-0.1, -0.05) is 13.3 Å². The van der Waals surface area contributed by atoms with Gasteiger partial charge in [0.1, 0.15) is 9.71 Å². The van der Waals surface area contributed by atoms with Crippen LogP contribution in [0.25, 0.3) is 10.2 Å². The maximum Gasteiger partial charge on any atom is 0.348 e. The Labute approximate surface area is 153 Å². The second-order valence-corrected chi connectivity index (χ2v) is 6.81. The molecule has 26 heavy (non-hydrogen) atoms. The van der Waals surface area contributed by atoms with Gasteiger partial charge in [0.25, 0.3) is 5.56 Å². The number of unbranched alkanes of at least 4 members (excludes halogenated alkanes) is 1. The molecule has 0 aliphatic rings. The minimum absolute atomic E-state index is 0.218. The summed E-state index contributed by atoms with van der Waals surface area (Å²) in [5.74, 6) is 0.169. The lowest BCUT2D eigenvalue weighted by atomic mass is 10.2. The molecular weight excluding hydrogens is 356 g/mol. The van der Waals surface area contributed by atoms with Gasteiger partial charge in [-0.3, -0.25) is 9.36 Å². The highest BCUT2D eigenvalue weighted by molar-refractivity contribution is 7.20. The first-order valence-electron chi connectivity index (χ1n) is 8.47. The standard InChI is InChI=1S/C16H20N6O3S/c1-4-6-7-22-11(18-19-20-22)8-21-9-17-14-12(15(21)23)10(3)13(26-14)16(24)25-5-2/h9H,4-8H2,1-3H3. The molecule has 0 aromatic carbocycles. The summed E-state index contributed by atoms with van der Waals surface area (Å²) in [5, 5.41) is 12.1. The maximum absolute atomic E-state index is 12.9. The van der Waals surface area contributed by atoms with E-state index in [-0.39, 0.29) is 18.7 Å². The summed E-state index contributed by atoms with van der Waals surface area (Å²) in [5.41, 5.74) is 0.380. The van der Waals surface area contributed by atoms with Crippen molar-refractivity contribution < 1.29 is 9.53 Å². The van der Waals surface area contributed by atoms with Gasteiger partial charge >= 0.3 is 5.97 Å². The number of aryl methyl sites for hydroxylation is 2. The van der Waals surface area contributed by atoms with Crippen LogP contribution < -0.4 is 5.56 Å². The van der Waals surface area contributed by atoms with E-state index in [0.29, 0.717) is 33.0 Å². The van der Waals surface area contributed by atoms with Crippen LogP contribution in [0.5, 0.6) is 0 Å². The van der Waals surface area contributed by atoms with Crippen molar-refractivity contribution >= 4 is 27.5 Å². The number of ether oxygens (including phenoxy) is 1. The van der Waals surface area contributed by atoms with Crippen molar-refractivity contribution in [3.8, 4) is 0 Å². The molecular formula is C16H20N6O3S. The van der Waals surface area contributed by atoms with Gasteiger partial charge in [0.2, 0.25) is 0 Å². The van der Waals surface area contributed by atoms with Crippen LogP contribution in [0.1, 0.15) is 47.7 Å². The topological polar surface area (TPSA) is 105 Å². The fraction of sp³-hybridized carbons (Fsp3) is 0.500. The maximum atomic E-state index is 12.9. The molecule has 3 heterocycles. The van der Waals surface area contributed by atoms with Gasteiger partial charge in [-0.25, -0.2) is 14.5 Å². The first-order chi connectivity index (χ1) is 12.6. The minimum atomic E-state index is -0.428. The molecule has 0 fully saturated rings. The molecule has 9 nitrogen and oxygen atoms in total. The van der Waals surface area contributed by atoms with Crippen LogP contribution in [0.4, 0.5) is 0 Å². The SMILES string of the molecule is CCCCn1nnnc1Cn1cnc2sc(C(=O)OCC)c(C)c2c1=O. The van der Waals surface area contributed by atoms with E-state index in [1.807, 2.05) is 0 Å². The van der Waals surface area contributed by atoms with Gasteiger partial charge in [-0.05, 0) is 36.3 Å². The van der Waals surface area contributed by atoms with Crippen molar-refractivity contribution in [1.82, 2.24) is 29.8 Å². The lowest BCUT2D eigenvalue weighted by molar-refractivity contribution is 0.0531. The highest BCUT2D eigenvalue weighted by atomic mass is 32.1. The Balaban J connectivity index is 1.97. The van der Waals surface area contributed by atoms with E-state index >= 15 is 0 Å². The van der Waals surface area contributed by atoms with Gasteiger partial charge in [0.15, 0.2) is 5.82 Å². The lowest BCUT2D eigenvalue weighted by Crippen LogP contribution is -2.23. The van der Waals surface area contributed by atoms with E-state index in [0.717, 1.165) is 12.8 Å². The molecule has 0 N–H and O–H groups in total. The number of esters is 1. The monoisotopic (exact) mass is 376 g/mol. The van der Waals surface area contributed by atoms with Crippen molar-refractivity contribution in [2.45, 2.75) is 46.7 Å². The van der Waals surface area contributed by atoms with Crippen LogP contribution in [0.15, 0.2) is 11.1 Å². The Kier molecular flexibility index (Phi) is 5.40. The Morgan fingerprint density at radius 2 is 2.15 bits per heavy atom. The Morgan fingerprint density at radius 3 is 2.88 bits per heavy atom. The normalized spacial score (nSPS) is 11.2. The molecule has 0 aliphatic heterocycles. The summed E-state index contributed by atoms with van der Waals surface area (Å²) in [7, 11) is 0. The molecule has 0 unspecified atom stereocenters. The minimum Gasteiger partial charge on any atom is -0.462 e. The second kappa shape index (κ2) is 7.73. The molecule has 0 spiro atoms. The summed E-state index contributed by atoms with van der Waals surface area (Å²) in [4.78, 5) is 30.2. The van der Waals surface area contributed by atoms with Crippen molar-refractivity contribution in [3.05, 3.63) is 32.9 Å². The number of thiophene rings is 1. The average Bonchev–Trinajstić information content (AvgIpc) is 3.20. The van der Waals surface area contributed by atoms with Crippen molar-refractivity contribution in [1.29, 1.82) is 0 Å². The van der Waals surface area contributed by atoms with Crippen LogP contribution in [0, 0.1) is 6.92 Å². The zero-order valence-electron chi connectivity index (χ0n) is 14.9. The van der Waals surface area contributed by atoms with Crippen LogP contribution in [0.3, 0.4) is 0 Å². The second-order valence-electron chi connectivity index (χ2n) is 5.81. The van der Waals surface area contributed by atoms with E-state index < -0.39 is 5.97 Å². The highest BCUT2D eigenvalue weighted by Crippen LogP contribution is 2.27. The first kappa shape index (κ1) is 18.2. The third-order valence-corrected chi connectivity index (χ3v) is 5.20. The van der Waals surface area contributed by atoms with Gasteiger partial charge in [-0.2, -0.15) is 0 Å². The largest absolute Gasteiger partial charge is 0.462 e. The quantitative estimate of drug-likeness (QED) is 0.579. The lowest BCUT2D eigenvalue weighted by Gasteiger charge is -2.06. The van der Waals surface area contributed by atoms with E-state index in [1.165, 1.54) is 22.2 Å². The third kappa shape index (κ3) is 3.36. The van der Waals surface area contributed by atoms with Gasteiger partial charge in [0.05, 0.1) is 24.9 Å². The van der Waals surface area contributed by atoms with Gasteiger partial charge < -0.3 is 4.74 Å². The number of fused-ring (bicyclic) bond motifs is 1. The third-order valence-electron chi connectivity index (χ3n) is 4.02. The summed E-state index contributed by atoms with van der Waals surface area (Å²) < 4.78 is 8.21. The van der Waals surface area contributed by atoms with Gasteiger partial charge in [0, 0.05) is 6.54 Å². The van der Waals surface area contributed by atoms with E-state index in [4.69, 9.17) is 4.74 Å². The van der Waals surface area contributed by atoms with Crippen molar-refractivity contribution in [2.24, 2.45) is 0 Å². The number of hydrogen-bond donors (Lipinski definition) is 0. The molecule has 0 saturated heterocycles. The van der Waals surface area contributed by atoms with Crippen LogP contribution in [-0.2, 0) is 17.8 Å². The molecule has 0 saturated carbocycles. The molecule has 3 rings (SSSR count). The average molecular weight is 376 g/mol. The number of tetrazole rings is 1. The molecule has 3 aromatic rings. The smallest absolute Gasteiger partial charge is 0.348 e. The van der Waals surface area contributed by atoms with Crippen LogP contribution >= 0.6 is 11.3 Å².